The Hall–Kier alpha value is -2.04. The molecule has 1 amide bonds. The van der Waals surface area contributed by atoms with Gasteiger partial charge in [-0.1, -0.05) is 17.7 Å². The lowest BCUT2D eigenvalue weighted by atomic mass is 10.0. The molecule has 0 heterocycles. The highest BCUT2D eigenvalue weighted by Crippen LogP contribution is 2.26. The summed E-state index contributed by atoms with van der Waals surface area (Å²) in [5.74, 6) is -0.303. The van der Waals surface area contributed by atoms with Crippen LogP contribution in [0.15, 0.2) is 18.2 Å². The highest BCUT2D eigenvalue weighted by atomic mass is 16.5. The van der Waals surface area contributed by atoms with Crippen LogP contribution in [-0.4, -0.2) is 24.1 Å². The van der Waals surface area contributed by atoms with Crippen LogP contribution < -0.4 is 10.1 Å². The second-order valence-corrected chi connectivity index (χ2v) is 4.78. The number of nitrogens with one attached hydrogen (secondary N) is 1. The van der Waals surface area contributed by atoms with Gasteiger partial charge in [-0.2, -0.15) is 0 Å². The Morgan fingerprint density at radius 3 is 2.65 bits per heavy atom. The van der Waals surface area contributed by atoms with Crippen molar-refractivity contribution in [3.63, 3.8) is 0 Å². The van der Waals surface area contributed by atoms with E-state index in [9.17, 15) is 9.59 Å². The number of carbonyl (C=O) groups is 2. The van der Waals surface area contributed by atoms with Gasteiger partial charge in [0.1, 0.15) is 5.75 Å². The molecule has 0 saturated carbocycles. The van der Waals surface area contributed by atoms with Crippen LogP contribution >= 0.6 is 0 Å². The molecule has 0 aliphatic rings. The van der Waals surface area contributed by atoms with E-state index in [1.807, 2.05) is 32.0 Å². The number of benzene rings is 1. The molecule has 20 heavy (non-hydrogen) atoms. The Kier molecular flexibility index (Phi) is 6.03. The Balaban J connectivity index is 2.61. The normalized spacial score (nSPS) is 11.8. The molecule has 5 nitrogen and oxygen atoms in total. The van der Waals surface area contributed by atoms with E-state index in [1.165, 1.54) is 0 Å². The van der Waals surface area contributed by atoms with Gasteiger partial charge < -0.3 is 15.2 Å². The van der Waals surface area contributed by atoms with E-state index in [0.29, 0.717) is 6.42 Å². The number of amides is 1. The number of aryl methyl sites for hydroxylation is 1. The maximum atomic E-state index is 11.7. The van der Waals surface area contributed by atoms with Crippen LogP contribution in [-0.2, 0) is 9.59 Å². The minimum absolute atomic E-state index is 0.00949. The van der Waals surface area contributed by atoms with Gasteiger partial charge >= 0.3 is 5.97 Å². The highest BCUT2D eigenvalue weighted by molar-refractivity contribution is 5.77. The fourth-order valence-corrected chi connectivity index (χ4v) is 1.98. The van der Waals surface area contributed by atoms with E-state index in [1.54, 1.807) is 7.11 Å². The quantitative estimate of drug-likeness (QED) is 0.803. The molecule has 1 aromatic carbocycles. The highest BCUT2D eigenvalue weighted by Gasteiger charge is 2.14. The number of methoxy groups -OCH3 is 1. The predicted molar refractivity (Wildman–Crippen MR) is 75.8 cm³/mol. The van der Waals surface area contributed by atoms with Crippen molar-refractivity contribution in [1.82, 2.24) is 5.32 Å². The lowest BCUT2D eigenvalue weighted by molar-refractivity contribution is -0.137. The molecule has 1 aromatic rings. The van der Waals surface area contributed by atoms with Crippen molar-refractivity contribution in [3.05, 3.63) is 29.3 Å². The van der Waals surface area contributed by atoms with Crippen LogP contribution in [0.2, 0.25) is 0 Å². The first-order valence-corrected chi connectivity index (χ1v) is 6.59. The molecule has 0 bridgehead atoms. The van der Waals surface area contributed by atoms with E-state index >= 15 is 0 Å². The number of ether oxygens (including phenoxy) is 1. The Bertz CT molecular complexity index is 485. The maximum absolute atomic E-state index is 11.7. The fraction of sp³-hybridized carbons (Fsp3) is 0.467. The molecule has 0 aliphatic carbocycles. The molecular formula is C15H21NO4. The number of carboxylic acids is 1. The second-order valence-electron chi connectivity index (χ2n) is 4.78. The molecule has 5 heteroatoms. The van der Waals surface area contributed by atoms with Gasteiger partial charge in [-0.05, 0) is 26.3 Å². The molecule has 0 aliphatic heterocycles. The Morgan fingerprint density at radius 1 is 1.35 bits per heavy atom. The van der Waals surface area contributed by atoms with Gasteiger partial charge in [-0.25, -0.2) is 0 Å². The predicted octanol–water partition coefficient (Wildman–Crippen LogP) is 2.44. The van der Waals surface area contributed by atoms with Gasteiger partial charge in [-0.15, -0.1) is 0 Å². The molecule has 1 unspecified atom stereocenters. The zero-order valence-corrected chi connectivity index (χ0v) is 12.1. The third-order valence-corrected chi connectivity index (χ3v) is 3.02. The summed E-state index contributed by atoms with van der Waals surface area (Å²) in [7, 11) is 1.59. The monoisotopic (exact) mass is 279 g/mol. The number of aliphatic carboxylic acids is 1. The SMILES string of the molecule is COc1ccc(C)cc1C(C)NC(=O)CCCC(=O)O. The molecular weight excluding hydrogens is 258 g/mol. The van der Waals surface area contributed by atoms with Crippen molar-refractivity contribution in [2.24, 2.45) is 0 Å². The van der Waals surface area contributed by atoms with Gasteiger partial charge in [0, 0.05) is 18.4 Å². The first kappa shape index (κ1) is 16.0. The summed E-state index contributed by atoms with van der Waals surface area (Å²) < 4.78 is 5.29. The number of hydrogen-bond acceptors (Lipinski definition) is 3. The average molecular weight is 279 g/mol. The number of rotatable bonds is 7. The van der Waals surface area contributed by atoms with E-state index in [0.717, 1.165) is 16.9 Å². The number of carboxylic acid groups (broad SMARTS) is 1. The third kappa shape index (κ3) is 4.91. The summed E-state index contributed by atoms with van der Waals surface area (Å²) in [5.41, 5.74) is 2.01. The van der Waals surface area contributed by atoms with Crippen molar-refractivity contribution in [1.29, 1.82) is 0 Å². The van der Waals surface area contributed by atoms with Crippen LogP contribution in [0.4, 0.5) is 0 Å². The largest absolute Gasteiger partial charge is 0.496 e. The molecule has 2 N–H and O–H groups in total. The standard InChI is InChI=1S/C15H21NO4/c1-10-7-8-13(20-3)12(9-10)11(2)16-14(17)5-4-6-15(18)19/h7-9,11H,4-6H2,1-3H3,(H,16,17)(H,18,19). The smallest absolute Gasteiger partial charge is 0.303 e. The van der Waals surface area contributed by atoms with E-state index in [-0.39, 0.29) is 24.8 Å². The van der Waals surface area contributed by atoms with Gasteiger partial charge in [0.25, 0.3) is 0 Å². The summed E-state index contributed by atoms with van der Waals surface area (Å²) in [6.07, 6.45) is 0.569. The molecule has 0 radical (unpaired) electrons. The summed E-state index contributed by atoms with van der Waals surface area (Å²) in [6.45, 7) is 3.86. The van der Waals surface area contributed by atoms with Crippen LogP contribution in [0.25, 0.3) is 0 Å². The van der Waals surface area contributed by atoms with Crippen LogP contribution in [0.3, 0.4) is 0 Å². The van der Waals surface area contributed by atoms with Gasteiger partial charge in [-0.3, -0.25) is 9.59 Å². The number of carbonyl (C=O) groups excluding carboxylic acids is 1. The van der Waals surface area contributed by atoms with Crippen LogP contribution in [0.5, 0.6) is 5.75 Å². The minimum Gasteiger partial charge on any atom is -0.496 e. The van der Waals surface area contributed by atoms with Crippen LogP contribution in [0, 0.1) is 6.92 Å². The summed E-state index contributed by atoms with van der Waals surface area (Å²) >= 11 is 0. The lowest BCUT2D eigenvalue weighted by Crippen LogP contribution is -2.26. The molecule has 0 fully saturated rings. The molecule has 0 saturated heterocycles. The fourth-order valence-electron chi connectivity index (χ4n) is 1.98. The molecule has 1 atom stereocenters. The minimum atomic E-state index is -0.883. The van der Waals surface area contributed by atoms with E-state index in [4.69, 9.17) is 9.84 Å². The third-order valence-electron chi connectivity index (χ3n) is 3.02. The van der Waals surface area contributed by atoms with E-state index < -0.39 is 5.97 Å². The topological polar surface area (TPSA) is 75.6 Å². The summed E-state index contributed by atoms with van der Waals surface area (Å²) in [6, 6.07) is 5.62. The lowest BCUT2D eigenvalue weighted by Gasteiger charge is -2.18. The van der Waals surface area contributed by atoms with Gasteiger partial charge in [0.05, 0.1) is 13.2 Å². The molecule has 0 spiro atoms. The number of hydrogen-bond donors (Lipinski definition) is 2. The van der Waals surface area contributed by atoms with Crippen molar-refractivity contribution in [2.75, 3.05) is 7.11 Å². The zero-order chi connectivity index (χ0) is 15.1. The van der Waals surface area contributed by atoms with Crippen molar-refractivity contribution in [2.45, 2.75) is 39.2 Å². The molecule has 0 aromatic heterocycles. The van der Waals surface area contributed by atoms with Crippen molar-refractivity contribution >= 4 is 11.9 Å². The summed E-state index contributed by atoms with van der Waals surface area (Å²) in [5, 5.41) is 11.4. The van der Waals surface area contributed by atoms with Crippen molar-refractivity contribution < 1.29 is 19.4 Å². The second kappa shape index (κ2) is 7.53. The Morgan fingerprint density at radius 2 is 2.05 bits per heavy atom. The van der Waals surface area contributed by atoms with Crippen molar-refractivity contribution in [3.8, 4) is 5.75 Å². The van der Waals surface area contributed by atoms with Gasteiger partial charge in [0.15, 0.2) is 0 Å². The average Bonchev–Trinajstić information content (AvgIpc) is 2.38. The summed E-state index contributed by atoms with van der Waals surface area (Å²) in [4.78, 5) is 22.1. The van der Waals surface area contributed by atoms with Gasteiger partial charge in [0.2, 0.25) is 5.91 Å². The maximum Gasteiger partial charge on any atom is 0.303 e. The molecule has 110 valence electrons. The van der Waals surface area contributed by atoms with Crippen LogP contribution in [0.1, 0.15) is 43.4 Å². The van der Waals surface area contributed by atoms with E-state index in [2.05, 4.69) is 5.32 Å². The zero-order valence-electron chi connectivity index (χ0n) is 12.1. The Labute approximate surface area is 118 Å². The first-order valence-electron chi connectivity index (χ1n) is 6.59. The molecule has 1 rings (SSSR count). The first-order chi connectivity index (χ1) is 9.43.